The van der Waals surface area contributed by atoms with Gasteiger partial charge in [0.25, 0.3) is 5.91 Å². The highest BCUT2D eigenvalue weighted by atomic mass is 32.2. The van der Waals surface area contributed by atoms with E-state index in [0.717, 1.165) is 30.1 Å². The van der Waals surface area contributed by atoms with Crippen LogP contribution in [0.1, 0.15) is 24.8 Å². The summed E-state index contributed by atoms with van der Waals surface area (Å²) in [5, 5.41) is 3.08. The standard InChI is InChI=1S/C22H25N3O2S/c1-24(16-17-8-3-2-4-9-17)15-7-14-23-21(27)22-13-12-20(26)25(22)18-10-5-6-11-19(18)28-22/h2-6,8-11H,7,12-16H2,1H3,(H,23,27). The van der Waals surface area contributed by atoms with Crippen molar-refractivity contribution in [2.24, 2.45) is 0 Å². The fraction of sp³-hybridized carbons (Fsp3) is 0.364. The van der Waals surface area contributed by atoms with Crippen molar-refractivity contribution >= 4 is 29.3 Å². The van der Waals surface area contributed by atoms with Crippen LogP contribution in [0, 0.1) is 0 Å². The lowest BCUT2D eigenvalue weighted by Gasteiger charge is -2.29. The van der Waals surface area contributed by atoms with Gasteiger partial charge in [0, 0.05) is 24.4 Å². The molecule has 2 aliphatic heterocycles. The van der Waals surface area contributed by atoms with Crippen LogP contribution < -0.4 is 10.2 Å². The highest BCUT2D eigenvalue weighted by molar-refractivity contribution is 8.02. The number of fused-ring (bicyclic) bond motifs is 3. The van der Waals surface area contributed by atoms with E-state index in [9.17, 15) is 9.59 Å². The Morgan fingerprint density at radius 3 is 2.75 bits per heavy atom. The molecule has 2 aromatic carbocycles. The molecule has 0 spiro atoms. The van der Waals surface area contributed by atoms with Crippen molar-refractivity contribution in [1.82, 2.24) is 10.2 Å². The third-order valence-electron chi connectivity index (χ3n) is 5.33. The molecule has 0 aliphatic carbocycles. The molecule has 0 bridgehead atoms. The first-order chi connectivity index (χ1) is 13.6. The molecule has 4 rings (SSSR count). The number of thioether (sulfide) groups is 1. The van der Waals surface area contributed by atoms with Crippen molar-refractivity contribution < 1.29 is 9.59 Å². The Bertz CT molecular complexity index is 873. The third-order valence-corrected chi connectivity index (χ3v) is 6.80. The Morgan fingerprint density at radius 1 is 1.18 bits per heavy atom. The van der Waals surface area contributed by atoms with E-state index in [1.165, 1.54) is 17.3 Å². The molecular weight excluding hydrogens is 370 g/mol. The first-order valence-corrected chi connectivity index (χ1v) is 10.5. The molecule has 0 aromatic heterocycles. The number of amides is 2. The minimum Gasteiger partial charge on any atom is -0.353 e. The predicted molar refractivity (Wildman–Crippen MR) is 112 cm³/mol. The number of hydrogen-bond donors (Lipinski definition) is 1. The van der Waals surface area contributed by atoms with Gasteiger partial charge >= 0.3 is 0 Å². The van der Waals surface area contributed by atoms with Gasteiger partial charge in [-0.05, 0) is 44.1 Å². The molecule has 1 saturated heterocycles. The molecule has 5 nitrogen and oxygen atoms in total. The lowest BCUT2D eigenvalue weighted by atomic mass is 10.1. The van der Waals surface area contributed by atoms with Crippen molar-refractivity contribution in [3.05, 3.63) is 60.2 Å². The molecule has 2 heterocycles. The van der Waals surface area contributed by atoms with Gasteiger partial charge in [0.15, 0.2) is 4.87 Å². The normalized spacial score (nSPS) is 20.4. The van der Waals surface area contributed by atoms with Crippen molar-refractivity contribution in [3.63, 3.8) is 0 Å². The minimum absolute atomic E-state index is 0.0372. The van der Waals surface area contributed by atoms with Crippen LogP contribution in [0.2, 0.25) is 0 Å². The van der Waals surface area contributed by atoms with Crippen molar-refractivity contribution in [3.8, 4) is 0 Å². The second kappa shape index (κ2) is 7.97. The van der Waals surface area contributed by atoms with E-state index < -0.39 is 4.87 Å². The SMILES string of the molecule is CN(CCCNC(=O)C12CCC(=O)N1c1ccccc1S2)Cc1ccccc1. The van der Waals surface area contributed by atoms with Crippen LogP contribution in [0.5, 0.6) is 0 Å². The maximum Gasteiger partial charge on any atom is 0.257 e. The number of nitrogens with one attached hydrogen (secondary N) is 1. The van der Waals surface area contributed by atoms with E-state index in [4.69, 9.17) is 0 Å². The highest BCUT2D eigenvalue weighted by Crippen LogP contribution is 2.55. The third kappa shape index (κ3) is 3.54. The lowest BCUT2D eigenvalue weighted by molar-refractivity contribution is -0.124. The van der Waals surface area contributed by atoms with Crippen LogP contribution in [-0.4, -0.2) is 41.7 Å². The largest absolute Gasteiger partial charge is 0.353 e. The van der Waals surface area contributed by atoms with Crippen LogP contribution in [0.3, 0.4) is 0 Å². The van der Waals surface area contributed by atoms with Gasteiger partial charge in [0.2, 0.25) is 5.91 Å². The summed E-state index contributed by atoms with van der Waals surface area (Å²) in [6.45, 7) is 2.41. The van der Waals surface area contributed by atoms with E-state index in [0.29, 0.717) is 19.4 Å². The molecule has 146 valence electrons. The maximum atomic E-state index is 13.1. The second-order valence-corrected chi connectivity index (χ2v) is 8.74. The van der Waals surface area contributed by atoms with Crippen molar-refractivity contribution in [2.75, 3.05) is 25.0 Å². The molecule has 2 amide bonds. The first-order valence-electron chi connectivity index (χ1n) is 9.72. The van der Waals surface area contributed by atoms with Gasteiger partial charge in [-0.25, -0.2) is 0 Å². The fourth-order valence-corrected chi connectivity index (χ4v) is 5.40. The smallest absolute Gasteiger partial charge is 0.257 e. The number of para-hydroxylation sites is 1. The van der Waals surface area contributed by atoms with E-state index in [1.807, 2.05) is 30.3 Å². The average Bonchev–Trinajstić information content (AvgIpc) is 3.22. The van der Waals surface area contributed by atoms with Gasteiger partial charge in [-0.15, -0.1) is 0 Å². The zero-order valence-corrected chi connectivity index (χ0v) is 16.9. The molecule has 1 atom stereocenters. The molecule has 28 heavy (non-hydrogen) atoms. The Labute approximate surface area is 170 Å². The molecule has 2 aliphatic rings. The maximum absolute atomic E-state index is 13.1. The van der Waals surface area contributed by atoms with Gasteiger partial charge in [-0.2, -0.15) is 0 Å². The number of rotatable bonds is 7. The summed E-state index contributed by atoms with van der Waals surface area (Å²) in [4.78, 5) is 29.7. The van der Waals surface area contributed by atoms with Crippen LogP contribution in [0.15, 0.2) is 59.5 Å². The molecule has 1 unspecified atom stereocenters. The summed E-state index contributed by atoms with van der Waals surface area (Å²) in [5.41, 5.74) is 2.15. The number of carbonyl (C=O) groups excluding carboxylic acids is 2. The summed E-state index contributed by atoms with van der Waals surface area (Å²) < 4.78 is 0. The summed E-state index contributed by atoms with van der Waals surface area (Å²) >= 11 is 1.51. The van der Waals surface area contributed by atoms with Gasteiger partial charge < -0.3 is 10.2 Å². The average molecular weight is 396 g/mol. The number of hydrogen-bond acceptors (Lipinski definition) is 4. The van der Waals surface area contributed by atoms with Gasteiger partial charge in [-0.1, -0.05) is 54.2 Å². The van der Waals surface area contributed by atoms with E-state index in [2.05, 4.69) is 41.5 Å². The number of nitrogens with zero attached hydrogens (tertiary/aromatic N) is 2. The highest BCUT2D eigenvalue weighted by Gasteiger charge is 2.57. The molecular formula is C22H25N3O2S. The monoisotopic (exact) mass is 395 g/mol. The van der Waals surface area contributed by atoms with Crippen molar-refractivity contribution in [2.45, 2.75) is 35.6 Å². The Balaban J connectivity index is 1.31. The molecule has 1 fully saturated rings. The fourth-order valence-electron chi connectivity index (χ4n) is 3.96. The number of anilines is 1. The van der Waals surface area contributed by atoms with Crippen LogP contribution >= 0.6 is 11.8 Å². The second-order valence-electron chi connectivity index (χ2n) is 7.42. The molecule has 2 aromatic rings. The number of carbonyl (C=O) groups is 2. The van der Waals surface area contributed by atoms with Gasteiger partial charge in [0.1, 0.15) is 0 Å². The first kappa shape index (κ1) is 19.0. The van der Waals surface area contributed by atoms with Crippen molar-refractivity contribution in [1.29, 1.82) is 0 Å². The Kier molecular flexibility index (Phi) is 5.42. The number of benzene rings is 2. The summed E-state index contributed by atoms with van der Waals surface area (Å²) in [5.74, 6) is -0.0135. The summed E-state index contributed by atoms with van der Waals surface area (Å²) in [7, 11) is 2.09. The molecule has 0 radical (unpaired) electrons. The quantitative estimate of drug-likeness (QED) is 0.731. The summed E-state index contributed by atoms with van der Waals surface area (Å²) in [6, 6.07) is 18.2. The van der Waals surface area contributed by atoms with Crippen LogP contribution in [-0.2, 0) is 16.1 Å². The summed E-state index contributed by atoms with van der Waals surface area (Å²) in [6.07, 6.45) is 1.86. The minimum atomic E-state index is -0.809. The lowest BCUT2D eigenvalue weighted by Crippen LogP contribution is -2.52. The zero-order valence-electron chi connectivity index (χ0n) is 16.1. The van der Waals surface area contributed by atoms with Crippen LogP contribution in [0.25, 0.3) is 0 Å². The van der Waals surface area contributed by atoms with E-state index >= 15 is 0 Å². The van der Waals surface area contributed by atoms with Gasteiger partial charge in [0.05, 0.1) is 5.69 Å². The zero-order chi connectivity index (χ0) is 19.6. The molecule has 6 heteroatoms. The van der Waals surface area contributed by atoms with E-state index in [1.54, 1.807) is 4.90 Å². The Hall–Kier alpha value is -2.31. The van der Waals surface area contributed by atoms with Gasteiger partial charge in [-0.3, -0.25) is 14.5 Å². The Morgan fingerprint density at radius 2 is 1.93 bits per heavy atom. The van der Waals surface area contributed by atoms with Crippen LogP contribution in [0.4, 0.5) is 5.69 Å². The predicted octanol–water partition coefficient (Wildman–Crippen LogP) is 3.25. The topological polar surface area (TPSA) is 52.7 Å². The molecule has 0 saturated carbocycles. The molecule has 1 N–H and O–H groups in total. The van der Waals surface area contributed by atoms with E-state index in [-0.39, 0.29) is 11.8 Å².